The van der Waals surface area contributed by atoms with Crippen LogP contribution in [0.4, 0.5) is 0 Å². The molecule has 2 unspecified atom stereocenters. The molecule has 0 aliphatic heterocycles. The smallest absolute Gasteiger partial charge is 0.119 e. The Morgan fingerprint density at radius 2 is 2.10 bits per heavy atom. The standard InChI is InChI=1S/C18H28N2O/c1-12(2)11-20(14-6-7-14)17-9-13-5-8-15(21-4)10-16(13)18(17)19-3/h5,8,10,12,14,17-19H,6-7,9,11H2,1-4H3. The van der Waals surface area contributed by atoms with Gasteiger partial charge >= 0.3 is 0 Å². The molecule has 116 valence electrons. The van der Waals surface area contributed by atoms with Crippen molar-refractivity contribution < 1.29 is 4.74 Å². The molecule has 3 rings (SSSR count). The predicted octanol–water partition coefficient (Wildman–Crippen LogP) is 3.00. The average molecular weight is 288 g/mol. The maximum atomic E-state index is 5.41. The third-order valence-corrected chi connectivity index (χ3v) is 4.83. The summed E-state index contributed by atoms with van der Waals surface area (Å²) in [5.74, 6) is 1.69. The summed E-state index contributed by atoms with van der Waals surface area (Å²) in [6.45, 7) is 5.86. The van der Waals surface area contributed by atoms with Crippen LogP contribution in [0.5, 0.6) is 5.75 Å². The van der Waals surface area contributed by atoms with Gasteiger partial charge in [-0.15, -0.1) is 0 Å². The lowest BCUT2D eigenvalue weighted by Crippen LogP contribution is -2.45. The van der Waals surface area contributed by atoms with Crippen LogP contribution in [-0.4, -0.2) is 37.7 Å². The van der Waals surface area contributed by atoms with E-state index >= 15 is 0 Å². The third kappa shape index (κ3) is 2.95. The third-order valence-electron chi connectivity index (χ3n) is 4.83. The highest BCUT2D eigenvalue weighted by Gasteiger charge is 2.41. The second-order valence-corrected chi connectivity index (χ2v) is 6.92. The fourth-order valence-corrected chi connectivity index (χ4v) is 3.77. The zero-order chi connectivity index (χ0) is 15.0. The van der Waals surface area contributed by atoms with Gasteiger partial charge < -0.3 is 10.1 Å². The number of methoxy groups -OCH3 is 1. The first-order chi connectivity index (χ1) is 10.1. The van der Waals surface area contributed by atoms with Gasteiger partial charge in [-0.2, -0.15) is 0 Å². The Kier molecular flexibility index (Phi) is 4.23. The molecule has 1 N–H and O–H groups in total. The van der Waals surface area contributed by atoms with Gasteiger partial charge in [-0.1, -0.05) is 19.9 Å². The van der Waals surface area contributed by atoms with Gasteiger partial charge in [0.05, 0.1) is 7.11 Å². The van der Waals surface area contributed by atoms with Crippen LogP contribution in [0.1, 0.15) is 43.9 Å². The second-order valence-electron chi connectivity index (χ2n) is 6.92. The first kappa shape index (κ1) is 14.9. The largest absolute Gasteiger partial charge is 0.497 e. The van der Waals surface area contributed by atoms with Crippen LogP contribution < -0.4 is 10.1 Å². The molecule has 1 aromatic rings. The van der Waals surface area contributed by atoms with Crippen LogP contribution in [0.2, 0.25) is 0 Å². The van der Waals surface area contributed by atoms with Gasteiger partial charge in [0.1, 0.15) is 5.75 Å². The lowest BCUT2D eigenvalue weighted by atomic mass is 10.0. The number of fused-ring (bicyclic) bond motifs is 1. The minimum atomic E-state index is 0.425. The molecule has 0 amide bonds. The molecule has 2 aliphatic rings. The first-order valence-electron chi connectivity index (χ1n) is 8.23. The van der Waals surface area contributed by atoms with Crippen LogP contribution in [0, 0.1) is 5.92 Å². The molecule has 0 spiro atoms. The molecule has 2 atom stereocenters. The van der Waals surface area contributed by atoms with Gasteiger partial charge in [0, 0.05) is 24.7 Å². The van der Waals surface area contributed by atoms with Gasteiger partial charge in [0.15, 0.2) is 0 Å². The molecule has 1 saturated carbocycles. The molecular formula is C18H28N2O. The Morgan fingerprint density at radius 3 is 2.67 bits per heavy atom. The van der Waals surface area contributed by atoms with Crippen molar-refractivity contribution in [2.45, 2.75) is 51.2 Å². The highest BCUT2D eigenvalue weighted by atomic mass is 16.5. The Hall–Kier alpha value is -1.06. The molecule has 0 saturated heterocycles. The van der Waals surface area contributed by atoms with Crippen molar-refractivity contribution in [1.29, 1.82) is 0 Å². The Bertz CT molecular complexity index is 496. The van der Waals surface area contributed by atoms with Crippen molar-refractivity contribution in [2.24, 2.45) is 5.92 Å². The second kappa shape index (κ2) is 5.98. The summed E-state index contributed by atoms with van der Waals surface area (Å²) in [5, 5.41) is 3.56. The Labute approximate surface area is 128 Å². The minimum absolute atomic E-state index is 0.425. The van der Waals surface area contributed by atoms with Crippen molar-refractivity contribution in [3.05, 3.63) is 29.3 Å². The number of benzene rings is 1. The van der Waals surface area contributed by atoms with Crippen molar-refractivity contribution in [3.63, 3.8) is 0 Å². The highest BCUT2D eigenvalue weighted by Crippen LogP contribution is 2.41. The van der Waals surface area contributed by atoms with Gasteiger partial charge in [-0.3, -0.25) is 4.90 Å². The summed E-state index contributed by atoms with van der Waals surface area (Å²) >= 11 is 0. The monoisotopic (exact) mass is 288 g/mol. The highest BCUT2D eigenvalue weighted by molar-refractivity contribution is 5.43. The van der Waals surface area contributed by atoms with E-state index in [4.69, 9.17) is 4.74 Å². The summed E-state index contributed by atoms with van der Waals surface area (Å²) < 4.78 is 5.41. The van der Waals surface area contributed by atoms with Crippen molar-refractivity contribution >= 4 is 0 Å². The predicted molar refractivity (Wildman–Crippen MR) is 86.9 cm³/mol. The van der Waals surface area contributed by atoms with Gasteiger partial charge in [0.2, 0.25) is 0 Å². The zero-order valence-corrected chi connectivity index (χ0v) is 13.7. The van der Waals surface area contributed by atoms with Crippen molar-refractivity contribution in [2.75, 3.05) is 20.7 Å². The molecule has 0 aromatic heterocycles. The van der Waals surface area contributed by atoms with E-state index in [1.165, 1.54) is 30.5 Å². The van der Waals surface area contributed by atoms with Crippen molar-refractivity contribution in [1.82, 2.24) is 10.2 Å². The fourth-order valence-electron chi connectivity index (χ4n) is 3.77. The van der Waals surface area contributed by atoms with Crippen LogP contribution in [0.3, 0.4) is 0 Å². The molecule has 2 aliphatic carbocycles. The number of nitrogens with zero attached hydrogens (tertiary/aromatic N) is 1. The summed E-state index contributed by atoms with van der Waals surface area (Å²) in [6, 6.07) is 8.39. The number of ether oxygens (including phenoxy) is 1. The summed E-state index contributed by atoms with van der Waals surface area (Å²) in [6.07, 6.45) is 3.91. The fraction of sp³-hybridized carbons (Fsp3) is 0.667. The molecule has 3 nitrogen and oxygen atoms in total. The van der Waals surface area contributed by atoms with Crippen LogP contribution in [0.15, 0.2) is 18.2 Å². The van der Waals surface area contributed by atoms with Gasteiger partial charge in [0.25, 0.3) is 0 Å². The van der Waals surface area contributed by atoms with E-state index < -0.39 is 0 Å². The van der Waals surface area contributed by atoms with E-state index in [0.717, 1.165) is 24.1 Å². The maximum Gasteiger partial charge on any atom is 0.119 e. The normalized spacial score (nSPS) is 24.7. The first-order valence-corrected chi connectivity index (χ1v) is 8.23. The molecule has 1 aromatic carbocycles. The van der Waals surface area contributed by atoms with Gasteiger partial charge in [-0.05, 0) is 55.5 Å². The zero-order valence-electron chi connectivity index (χ0n) is 13.7. The van der Waals surface area contributed by atoms with Crippen LogP contribution in [0.25, 0.3) is 0 Å². The molecule has 1 fully saturated rings. The summed E-state index contributed by atoms with van der Waals surface area (Å²) in [4.78, 5) is 2.76. The average Bonchev–Trinajstić information content (AvgIpc) is 3.24. The number of hydrogen-bond donors (Lipinski definition) is 1. The lowest BCUT2D eigenvalue weighted by molar-refractivity contribution is 0.142. The summed E-state index contributed by atoms with van der Waals surface area (Å²) in [5.41, 5.74) is 2.91. The van der Waals surface area contributed by atoms with E-state index in [2.05, 4.69) is 49.3 Å². The molecule has 0 radical (unpaired) electrons. The van der Waals surface area contributed by atoms with Crippen LogP contribution >= 0.6 is 0 Å². The number of rotatable bonds is 6. The number of nitrogens with one attached hydrogen (secondary N) is 1. The Morgan fingerprint density at radius 1 is 1.33 bits per heavy atom. The van der Waals surface area contributed by atoms with E-state index in [1.807, 2.05) is 0 Å². The molecular weight excluding hydrogens is 260 g/mol. The Balaban J connectivity index is 1.86. The quantitative estimate of drug-likeness (QED) is 0.871. The van der Waals surface area contributed by atoms with Crippen molar-refractivity contribution in [3.8, 4) is 5.75 Å². The minimum Gasteiger partial charge on any atom is -0.497 e. The SMILES string of the molecule is CNC1c2cc(OC)ccc2CC1N(CC(C)C)C1CC1. The molecule has 0 heterocycles. The maximum absolute atomic E-state index is 5.41. The van der Waals surface area contributed by atoms with E-state index in [-0.39, 0.29) is 0 Å². The van der Waals surface area contributed by atoms with E-state index in [1.54, 1.807) is 7.11 Å². The van der Waals surface area contributed by atoms with Gasteiger partial charge in [-0.25, -0.2) is 0 Å². The van der Waals surface area contributed by atoms with E-state index in [9.17, 15) is 0 Å². The van der Waals surface area contributed by atoms with E-state index in [0.29, 0.717) is 12.1 Å². The molecule has 3 heteroatoms. The van der Waals surface area contributed by atoms with Crippen LogP contribution in [-0.2, 0) is 6.42 Å². The topological polar surface area (TPSA) is 24.5 Å². The molecule has 21 heavy (non-hydrogen) atoms. The number of likely N-dealkylation sites (N-methyl/N-ethyl adjacent to an activating group) is 1. The lowest BCUT2D eigenvalue weighted by Gasteiger charge is -2.34. The summed E-state index contributed by atoms with van der Waals surface area (Å²) in [7, 11) is 3.84. The molecule has 0 bridgehead atoms. The number of hydrogen-bond acceptors (Lipinski definition) is 3.